The normalized spacial score (nSPS) is 11.9. The summed E-state index contributed by atoms with van der Waals surface area (Å²) in [5, 5.41) is 0. The molecule has 5 nitrogen and oxygen atoms in total. The lowest BCUT2D eigenvalue weighted by atomic mass is 10.3. The average molecular weight is 245 g/mol. The third kappa shape index (κ3) is 7.90. The van der Waals surface area contributed by atoms with Crippen molar-refractivity contribution in [2.45, 2.75) is 6.92 Å². The lowest BCUT2D eigenvalue weighted by molar-refractivity contribution is -0.136. The van der Waals surface area contributed by atoms with E-state index < -0.39 is 0 Å². The standard InChI is InChI=1S/C12H23NO4/c1-11(12(14)17-4)5-6-13(7-9-15-2)8-10-16-3/h5H,6-10H2,1-4H3. The van der Waals surface area contributed by atoms with E-state index in [4.69, 9.17) is 9.47 Å². The van der Waals surface area contributed by atoms with Crippen LogP contribution >= 0.6 is 0 Å². The molecule has 0 unspecified atom stereocenters. The largest absolute Gasteiger partial charge is 0.466 e. The van der Waals surface area contributed by atoms with E-state index >= 15 is 0 Å². The molecule has 5 heteroatoms. The number of esters is 1. The summed E-state index contributed by atoms with van der Waals surface area (Å²) < 4.78 is 14.7. The molecule has 0 N–H and O–H groups in total. The van der Waals surface area contributed by atoms with Gasteiger partial charge >= 0.3 is 5.97 Å². The first-order chi connectivity index (χ1) is 8.15. The van der Waals surface area contributed by atoms with E-state index in [0.29, 0.717) is 25.3 Å². The molecule has 0 saturated carbocycles. The van der Waals surface area contributed by atoms with Gasteiger partial charge in [0.25, 0.3) is 0 Å². The molecule has 0 amide bonds. The highest BCUT2D eigenvalue weighted by atomic mass is 16.5. The molecule has 0 aromatic carbocycles. The van der Waals surface area contributed by atoms with Gasteiger partial charge < -0.3 is 14.2 Å². The Kier molecular flexibility index (Phi) is 9.71. The maximum atomic E-state index is 11.2. The third-order valence-electron chi connectivity index (χ3n) is 2.39. The van der Waals surface area contributed by atoms with Crippen molar-refractivity contribution in [3.8, 4) is 0 Å². The van der Waals surface area contributed by atoms with Gasteiger partial charge in [0.1, 0.15) is 0 Å². The van der Waals surface area contributed by atoms with Crippen LogP contribution in [0, 0.1) is 0 Å². The smallest absolute Gasteiger partial charge is 0.333 e. The third-order valence-corrected chi connectivity index (χ3v) is 2.39. The summed E-state index contributed by atoms with van der Waals surface area (Å²) in [5.74, 6) is -0.288. The first kappa shape index (κ1) is 16.1. The van der Waals surface area contributed by atoms with E-state index in [2.05, 4.69) is 9.64 Å². The number of carbonyl (C=O) groups excluding carboxylic acids is 1. The highest BCUT2D eigenvalue weighted by Gasteiger charge is 2.06. The molecule has 0 heterocycles. The van der Waals surface area contributed by atoms with E-state index in [-0.39, 0.29) is 5.97 Å². The molecule has 0 aromatic rings. The first-order valence-electron chi connectivity index (χ1n) is 5.61. The topological polar surface area (TPSA) is 48.0 Å². The quantitative estimate of drug-likeness (QED) is 0.442. The fourth-order valence-electron chi connectivity index (χ4n) is 1.25. The van der Waals surface area contributed by atoms with Gasteiger partial charge in [-0.25, -0.2) is 4.79 Å². The maximum Gasteiger partial charge on any atom is 0.333 e. The van der Waals surface area contributed by atoms with Gasteiger partial charge in [-0.1, -0.05) is 6.08 Å². The molecular formula is C12H23NO4. The van der Waals surface area contributed by atoms with Gasteiger partial charge in [-0.05, 0) is 6.92 Å². The van der Waals surface area contributed by atoms with Crippen molar-refractivity contribution in [1.29, 1.82) is 0 Å². The van der Waals surface area contributed by atoms with Crippen LogP contribution in [0.3, 0.4) is 0 Å². The van der Waals surface area contributed by atoms with Crippen LogP contribution in [0.4, 0.5) is 0 Å². The Morgan fingerprint density at radius 2 is 1.65 bits per heavy atom. The summed E-state index contributed by atoms with van der Waals surface area (Å²) in [4.78, 5) is 13.3. The Bertz CT molecular complexity index is 233. The second-order valence-electron chi connectivity index (χ2n) is 3.66. The minimum Gasteiger partial charge on any atom is -0.466 e. The van der Waals surface area contributed by atoms with Crippen LogP contribution in [-0.2, 0) is 19.0 Å². The van der Waals surface area contributed by atoms with Crippen LogP contribution in [0.5, 0.6) is 0 Å². The van der Waals surface area contributed by atoms with Crippen molar-refractivity contribution in [3.63, 3.8) is 0 Å². The van der Waals surface area contributed by atoms with Crippen LogP contribution in [0.15, 0.2) is 11.6 Å². The van der Waals surface area contributed by atoms with E-state index in [9.17, 15) is 4.79 Å². The summed E-state index contributed by atoms with van der Waals surface area (Å²) in [6, 6.07) is 0. The van der Waals surface area contributed by atoms with Crippen molar-refractivity contribution >= 4 is 5.97 Å². The van der Waals surface area contributed by atoms with Crippen LogP contribution in [0.1, 0.15) is 6.92 Å². The van der Waals surface area contributed by atoms with Gasteiger partial charge in [0.2, 0.25) is 0 Å². The second kappa shape index (κ2) is 10.3. The number of rotatable bonds is 9. The first-order valence-corrected chi connectivity index (χ1v) is 5.61. The summed E-state index contributed by atoms with van der Waals surface area (Å²) >= 11 is 0. The monoisotopic (exact) mass is 245 g/mol. The maximum absolute atomic E-state index is 11.2. The van der Waals surface area contributed by atoms with E-state index in [1.807, 2.05) is 6.08 Å². The molecule has 0 fully saturated rings. The molecule has 0 aliphatic heterocycles. The molecule has 17 heavy (non-hydrogen) atoms. The van der Waals surface area contributed by atoms with Crippen LogP contribution in [0.2, 0.25) is 0 Å². The summed E-state index contributed by atoms with van der Waals surface area (Å²) in [6.45, 7) is 5.38. The molecule has 0 aliphatic carbocycles. The van der Waals surface area contributed by atoms with Gasteiger partial charge in [-0.3, -0.25) is 4.90 Å². The molecular weight excluding hydrogens is 222 g/mol. The van der Waals surface area contributed by atoms with Gasteiger partial charge in [0.15, 0.2) is 0 Å². The molecule has 0 aromatic heterocycles. The molecule has 0 aliphatic rings. The zero-order valence-electron chi connectivity index (χ0n) is 11.2. The van der Waals surface area contributed by atoms with Crippen molar-refractivity contribution < 1.29 is 19.0 Å². The van der Waals surface area contributed by atoms with E-state index in [1.165, 1.54) is 7.11 Å². The number of hydrogen-bond donors (Lipinski definition) is 0. The summed E-state index contributed by atoms with van der Waals surface area (Å²) in [6.07, 6.45) is 1.86. The fraction of sp³-hybridized carbons (Fsp3) is 0.750. The number of carbonyl (C=O) groups is 1. The number of nitrogens with zero attached hydrogens (tertiary/aromatic N) is 1. The Labute approximate surface area is 103 Å². The molecule has 0 bridgehead atoms. The van der Waals surface area contributed by atoms with Gasteiger partial charge in [-0.15, -0.1) is 0 Å². The minimum absolute atomic E-state index is 0.288. The van der Waals surface area contributed by atoms with Crippen molar-refractivity contribution in [3.05, 3.63) is 11.6 Å². The van der Waals surface area contributed by atoms with E-state index in [1.54, 1.807) is 21.1 Å². The molecule has 100 valence electrons. The van der Waals surface area contributed by atoms with Gasteiger partial charge in [0.05, 0.1) is 20.3 Å². The van der Waals surface area contributed by atoms with Crippen molar-refractivity contribution in [2.75, 3.05) is 54.2 Å². The zero-order valence-corrected chi connectivity index (χ0v) is 11.2. The molecule has 0 atom stereocenters. The predicted octanol–water partition coefficient (Wildman–Crippen LogP) is 0.701. The van der Waals surface area contributed by atoms with Gasteiger partial charge in [-0.2, -0.15) is 0 Å². The van der Waals surface area contributed by atoms with E-state index in [0.717, 1.165) is 13.1 Å². The molecule has 0 spiro atoms. The summed E-state index contributed by atoms with van der Waals surface area (Å²) in [5.41, 5.74) is 0.618. The second-order valence-corrected chi connectivity index (χ2v) is 3.66. The average Bonchev–Trinajstić information content (AvgIpc) is 2.36. The number of ether oxygens (including phenoxy) is 3. The van der Waals surface area contributed by atoms with Crippen LogP contribution < -0.4 is 0 Å². The molecule has 0 rings (SSSR count). The zero-order chi connectivity index (χ0) is 13.1. The highest BCUT2D eigenvalue weighted by molar-refractivity contribution is 5.87. The van der Waals surface area contributed by atoms with Crippen molar-refractivity contribution in [2.24, 2.45) is 0 Å². The molecule has 0 radical (unpaired) electrons. The number of hydrogen-bond acceptors (Lipinski definition) is 5. The Balaban J connectivity index is 4.16. The van der Waals surface area contributed by atoms with Crippen LogP contribution in [-0.4, -0.2) is 65.0 Å². The Morgan fingerprint density at radius 1 is 1.12 bits per heavy atom. The summed E-state index contributed by atoms with van der Waals surface area (Å²) in [7, 11) is 4.72. The predicted molar refractivity (Wildman–Crippen MR) is 66.0 cm³/mol. The van der Waals surface area contributed by atoms with Crippen LogP contribution in [0.25, 0.3) is 0 Å². The number of methoxy groups -OCH3 is 3. The SMILES string of the molecule is COCCN(CC=C(C)C(=O)OC)CCOC. The Morgan fingerprint density at radius 3 is 2.06 bits per heavy atom. The lowest BCUT2D eigenvalue weighted by Gasteiger charge is -2.19. The fourth-order valence-corrected chi connectivity index (χ4v) is 1.25. The molecule has 0 saturated heterocycles. The Hall–Kier alpha value is -0.910. The van der Waals surface area contributed by atoms with Gasteiger partial charge in [0, 0.05) is 39.4 Å². The minimum atomic E-state index is -0.288. The highest BCUT2D eigenvalue weighted by Crippen LogP contribution is 1.98. The lowest BCUT2D eigenvalue weighted by Crippen LogP contribution is -2.31. The van der Waals surface area contributed by atoms with Crippen molar-refractivity contribution in [1.82, 2.24) is 4.90 Å².